The first kappa shape index (κ1) is 11.3. The highest BCUT2D eigenvalue weighted by atomic mass is 79.9. The molecule has 0 N–H and O–H groups in total. The first-order valence-corrected chi connectivity index (χ1v) is 7.19. The van der Waals surface area contributed by atoms with Gasteiger partial charge in [-0.15, -0.1) is 11.3 Å². The molecular weight excluding hydrogens is 300 g/mol. The van der Waals surface area contributed by atoms with Crippen molar-refractivity contribution in [2.24, 2.45) is 0 Å². The Kier molecular flexibility index (Phi) is 3.22. The second-order valence-electron chi connectivity index (χ2n) is 3.93. The minimum Gasteiger partial charge on any atom is -0.371 e. The maximum Gasteiger partial charge on any atom is 0.122 e. The maximum absolute atomic E-state index is 5.63. The summed E-state index contributed by atoms with van der Waals surface area (Å²) < 4.78 is 6.61. The van der Waals surface area contributed by atoms with Crippen molar-refractivity contribution in [3.8, 4) is 11.4 Å². The van der Waals surface area contributed by atoms with E-state index >= 15 is 0 Å². The van der Waals surface area contributed by atoms with Crippen LogP contribution in [0.4, 0.5) is 0 Å². The lowest BCUT2D eigenvalue weighted by Crippen LogP contribution is -1.94. The first-order chi connectivity index (χ1) is 8.33. The zero-order chi connectivity index (χ0) is 11.7. The van der Waals surface area contributed by atoms with Gasteiger partial charge in [0.05, 0.1) is 11.4 Å². The van der Waals surface area contributed by atoms with Gasteiger partial charge in [-0.1, -0.05) is 0 Å². The fourth-order valence-electron chi connectivity index (χ4n) is 1.85. The number of ether oxygens (including phenoxy) is 1. The molecule has 0 saturated carbocycles. The lowest BCUT2D eigenvalue weighted by Gasteiger charge is -2.03. The summed E-state index contributed by atoms with van der Waals surface area (Å²) in [5, 5.41) is 3.12. The minimum absolute atomic E-state index is 0.198. The molecule has 0 spiro atoms. The van der Waals surface area contributed by atoms with Crippen molar-refractivity contribution in [2.45, 2.75) is 18.9 Å². The average molecular weight is 311 g/mol. The highest BCUT2D eigenvalue weighted by Gasteiger charge is 2.21. The van der Waals surface area contributed by atoms with Gasteiger partial charge in [-0.2, -0.15) is 0 Å². The third-order valence-electron chi connectivity index (χ3n) is 2.72. The Balaban J connectivity index is 1.86. The van der Waals surface area contributed by atoms with E-state index in [2.05, 4.69) is 25.9 Å². The average Bonchev–Trinajstić information content (AvgIpc) is 3.00. The van der Waals surface area contributed by atoms with E-state index in [1.54, 1.807) is 17.5 Å². The van der Waals surface area contributed by atoms with E-state index < -0.39 is 0 Å². The minimum atomic E-state index is 0.198. The van der Waals surface area contributed by atoms with Crippen molar-refractivity contribution in [3.63, 3.8) is 0 Å². The number of halogens is 1. The van der Waals surface area contributed by atoms with Gasteiger partial charge in [0.25, 0.3) is 0 Å². The number of aromatic nitrogens is 2. The summed E-state index contributed by atoms with van der Waals surface area (Å²) in [5.41, 5.74) is 1.85. The molecule has 1 atom stereocenters. The third kappa shape index (κ3) is 2.41. The van der Waals surface area contributed by atoms with E-state index in [1.807, 2.05) is 17.5 Å². The Hall–Kier alpha value is -0.780. The van der Waals surface area contributed by atoms with Crippen LogP contribution < -0.4 is 0 Å². The molecular formula is C12H11BrN2OS. The molecule has 17 heavy (non-hydrogen) atoms. The van der Waals surface area contributed by atoms with Crippen molar-refractivity contribution in [1.82, 2.24) is 9.97 Å². The Morgan fingerprint density at radius 1 is 1.35 bits per heavy atom. The molecule has 1 unspecified atom stereocenters. The Bertz CT molecular complexity index is 505. The molecule has 2 aromatic heterocycles. The molecule has 3 nitrogen and oxygen atoms in total. The predicted molar refractivity (Wildman–Crippen MR) is 71.0 cm³/mol. The van der Waals surface area contributed by atoms with Gasteiger partial charge in [0.1, 0.15) is 11.1 Å². The zero-order valence-electron chi connectivity index (χ0n) is 9.10. The Morgan fingerprint density at radius 2 is 2.29 bits per heavy atom. The highest BCUT2D eigenvalue weighted by Crippen LogP contribution is 2.32. The molecule has 5 heteroatoms. The number of nitrogens with zero attached hydrogens (tertiary/aromatic N) is 2. The molecule has 1 aliphatic rings. The van der Waals surface area contributed by atoms with Crippen molar-refractivity contribution in [2.75, 3.05) is 6.61 Å². The van der Waals surface area contributed by atoms with Crippen LogP contribution in [0.5, 0.6) is 0 Å². The SMILES string of the molecule is Brc1ccc(-c2csc(C3CCCO3)n2)nc1. The highest BCUT2D eigenvalue weighted by molar-refractivity contribution is 9.10. The summed E-state index contributed by atoms with van der Waals surface area (Å²) in [5.74, 6) is 0. The third-order valence-corrected chi connectivity index (χ3v) is 4.12. The monoisotopic (exact) mass is 310 g/mol. The predicted octanol–water partition coefficient (Wildman–Crippen LogP) is 3.82. The number of rotatable bonds is 2. The standard InChI is InChI=1S/C12H11BrN2OS/c13-8-3-4-9(14-6-8)10-7-17-12(15-10)11-2-1-5-16-11/h3-4,6-7,11H,1-2,5H2. The lowest BCUT2D eigenvalue weighted by molar-refractivity contribution is 0.112. The number of hydrogen-bond acceptors (Lipinski definition) is 4. The van der Waals surface area contributed by atoms with Crippen molar-refractivity contribution in [1.29, 1.82) is 0 Å². The largest absolute Gasteiger partial charge is 0.371 e. The van der Waals surface area contributed by atoms with E-state index in [4.69, 9.17) is 4.74 Å². The summed E-state index contributed by atoms with van der Waals surface area (Å²) in [4.78, 5) is 8.95. The molecule has 1 saturated heterocycles. The fraction of sp³-hybridized carbons (Fsp3) is 0.333. The van der Waals surface area contributed by atoms with Crippen molar-refractivity contribution in [3.05, 3.63) is 33.2 Å². The Labute approximate surface area is 112 Å². The van der Waals surface area contributed by atoms with Gasteiger partial charge in [-0.05, 0) is 40.9 Å². The van der Waals surface area contributed by atoms with E-state index in [0.717, 1.165) is 40.3 Å². The zero-order valence-corrected chi connectivity index (χ0v) is 11.5. The number of hydrogen-bond donors (Lipinski definition) is 0. The molecule has 0 bridgehead atoms. The summed E-state index contributed by atoms with van der Waals surface area (Å²) in [6.45, 7) is 0.857. The summed E-state index contributed by atoms with van der Waals surface area (Å²) in [7, 11) is 0. The van der Waals surface area contributed by atoms with Gasteiger partial charge in [0.15, 0.2) is 0 Å². The molecule has 2 aromatic rings. The van der Waals surface area contributed by atoms with Gasteiger partial charge in [-0.25, -0.2) is 4.98 Å². The van der Waals surface area contributed by atoms with Gasteiger partial charge < -0.3 is 4.74 Å². The van der Waals surface area contributed by atoms with E-state index in [0.29, 0.717) is 0 Å². The smallest absolute Gasteiger partial charge is 0.122 e. The second-order valence-corrected chi connectivity index (χ2v) is 5.74. The van der Waals surface area contributed by atoms with Crippen LogP contribution in [0.15, 0.2) is 28.2 Å². The molecule has 1 fully saturated rings. The van der Waals surface area contributed by atoms with Crippen molar-refractivity contribution < 1.29 is 4.74 Å². The van der Waals surface area contributed by atoms with Gasteiger partial charge in [-0.3, -0.25) is 4.98 Å². The molecule has 3 heterocycles. The Morgan fingerprint density at radius 3 is 3.00 bits per heavy atom. The van der Waals surface area contributed by atoms with E-state index in [1.165, 1.54) is 0 Å². The molecule has 0 radical (unpaired) electrons. The second kappa shape index (κ2) is 4.84. The first-order valence-electron chi connectivity index (χ1n) is 5.52. The quantitative estimate of drug-likeness (QED) is 0.846. The van der Waals surface area contributed by atoms with Crippen LogP contribution in [0.1, 0.15) is 24.0 Å². The fourth-order valence-corrected chi connectivity index (χ4v) is 2.98. The number of thiazole rings is 1. The summed E-state index contributed by atoms with van der Waals surface area (Å²) in [6, 6.07) is 3.95. The van der Waals surface area contributed by atoms with Crippen LogP contribution in [0, 0.1) is 0 Å². The van der Waals surface area contributed by atoms with Crippen LogP contribution in [0.25, 0.3) is 11.4 Å². The normalized spacial score (nSPS) is 19.7. The van der Waals surface area contributed by atoms with Crippen LogP contribution in [-0.4, -0.2) is 16.6 Å². The summed E-state index contributed by atoms with van der Waals surface area (Å²) in [6.07, 6.45) is 4.21. The molecule has 0 amide bonds. The summed E-state index contributed by atoms with van der Waals surface area (Å²) >= 11 is 5.03. The molecule has 0 aliphatic carbocycles. The maximum atomic E-state index is 5.63. The topological polar surface area (TPSA) is 35.0 Å². The van der Waals surface area contributed by atoms with Crippen LogP contribution >= 0.6 is 27.3 Å². The molecule has 3 rings (SSSR count). The van der Waals surface area contributed by atoms with E-state index in [-0.39, 0.29) is 6.10 Å². The van der Waals surface area contributed by atoms with Crippen LogP contribution in [0.3, 0.4) is 0 Å². The van der Waals surface area contributed by atoms with Crippen molar-refractivity contribution >= 4 is 27.3 Å². The number of pyridine rings is 1. The van der Waals surface area contributed by atoms with E-state index in [9.17, 15) is 0 Å². The van der Waals surface area contributed by atoms with Crippen LogP contribution in [0.2, 0.25) is 0 Å². The van der Waals surface area contributed by atoms with Gasteiger partial charge in [0, 0.05) is 22.7 Å². The van der Waals surface area contributed by atoms with Gasteiger partial charge in [0.2, 0.25) is 0 Å². The molecule has 1 aliphatic heterocycles. The molecule has 88 valence electrons. The van der Waals surface area contributed by atoms with Gasteiger partial charge >= 0.3 is 0 Å². The molecule has 0 aromatic carbocycles. The lowest BCUT2D eigenvalue weighted by atomic mass is 10.2. The van der Waals surface area contributed by atoms with Crippen LogP contribution in [-0.2, 0) is 4.74 Å².